The van der Waals surface area contributed by atoms with Gasteiger partial charge in [0, 0.05) is 26.2 Å². The van der Waals surface area contributed by atoms with E-state index in [1.807, 2.05) is 33.2 Å². The van der Waals surface area contributed by atoms with Crippen molar-refractivity contribution < 1.29 is 14.3 Å². The van der Waals surface area contributed by atoms with Gasteiger partial charge in [-0.15, -0.1) is 0 Å². The Morgan fingerprint density at radius 1 is 1.16 bits per heavy atom. The molecule has 1 aliphatic rings. The maximum absolute atomic E-state index is 12.3. The Balaban J connectivity index is 1.75. The van der Waals surface area contributed by atoms with Gasteiger partial charge in [0.25, 0.3) is 0 Å². The monoisotopic (exact) mass is 347 g/mol. The minimum absolute atomic E-state index is 0.0697. The molecule has 1 N–H and O–H groups in total. The first-order chi connectivity index (χ1) is 12.0. The van der Waals surface area contributed by atoms with E-state index >= 15 is 0 Å². The van der Waals surface area contributed by atoms with Gasteiger partial charge in [0.15, 0.2) is 0 Å². The third-order valence-corrected chi connectivity index (χ3v) is 4.37. The van der Waals surface area contributed by atoms with E-state index in [0.29, 0.717) is 39.1 Å². The minimum Gasteiger partial charge on any atom is -0.466 e. The Morgan fingerprint density at radius 3 is 2.32 bits per heavy atom. The van der Waals surface area contributed by atoms with E-state index in [2.05, 4.69) is 22.3 Å². The van der Waals surface area contributed by atoms with Gasteiger partial charge in [-0.25, -0.2) is 4.79 Å². The Morgan fingerprint density at radius 2 is 1.76 bits per heavy atom. The first-order valence-electron chi connectivity index (χ1n) is 8.91. The Bertz CT molecular complexity index is 564. The van der Waals surface area contributed by atoms with Gasteiger partial charge in [-0.3, -0.25) is 4.79 Å². The summed E-state index contributed by atoms with van der Waals surface area (Å²) in [6.07, 6.45) is 1.34. The van der Waals surface area contributed by atoms with Crippen molar-refractivity contribution in [3.63, 3.8) is 0 Å². The third-order valence-electron chi connectivity index (χ3n) is 4.37. The molecule has 2 rings (SSSR count). The normalized spacial score (nSPS) is 15.3. The number of nitrogens with zero attached hydrogens (tertiary/aromatic N) is 2. The summed E-state index contributed by atoms with van der Waals surface area (Å²) in [7, 11) is 4.08. The second kappa shape index (κ2) is 9.42. The summed E-state index contributed by atoms with van der Waals surface area (Å²) in [4.78, 5) is 27.9. The molecule has 0 aromatic heterocycles. The fourth-order valence-corrected chi connectivity index (χ4v) is 3.00. The summed E-state index contributed by atoms with van der Waals surface area (Å²) >= 11 is 0. The third kappa shape index (κ3) is 6.05. The molecule has 25 heavy (non-hydrogen) atoms. The summed E-state index contributed by atoms with van der Waals surface area (Å²) in [6, 6.07) is 8.20. The minimum atomic E-state index is -0.139. The number of likely N-dealkylation sites (tertiary alicyclic amines) is 1. The van der Waals surface area contributed by atoms with Gasteiger partial charge in [0.2, 0.25) is 0 Å². The molecule has 6 nitrogen and oxygen atoms in total. The number of hydrogen-bond acceptors (Lipinski definition) is 4. The molecule has 1 aliphatic heterocycles. The van der Waals surface area contributed by atoms with Crippen molar-refractivity contribution in [3.05, 3.63) is 35.4 Å². The van der Waals surface area contributed by atoms with Crippen molar-refractivity contribution in [3.8, 4) is 0 Å². The molecular formula is C19H29N3O3. The predicted octanol–water partition coefficient (Wildman–Crippen LogP) is 2.23. The SMILES string of the molecule is CCOC(=O)C1CCN(C(=O)NCc2ccc(CN(C)C)cc2)CC1. The molecule has 1 fully saturated rings. The molecule has 0 spiro atoms. The number of ether oxygens (including phenoxy) is 1. The molecule has 2 amide bonds. The number of piperidine rings is 1. The molecule has 6 heteroatoms. The van der Waals surface area contributed by atoms with Crippen LogP contribution in [0, 0.1) is 5.92 Å². The van der Waals surface area contributed by atoms with Crippen LogP contribution in [0.4, 0.5) is 4.79 Å². The van der Waals surface area contributed by atoms with Crippen LogP contribution in [0.5, 0.6) is 0 Å². The Hall–Kier alpha value is -2.08. The fraction of sp³-hybridized carbons (Fsp3) is 0.579. The number of hydrogen-bond donors (Lipinski definition) is 1. The van der Waals surface area contributed by atoms with Crippen LogP contribution in [0.25, 0.3) is 0 Å². The summed E-state index contributed by atoms with van der Waals surface area (Å²) in [5, 5.41) is 2.96. The van der Waals surface area contributed by atoms with E-state index in [-0.39, 0.29) is 17.9 Å². The summed E-state index contributed by atoms with van der Waals surface area (Å²) in [5.74, 6) is -0.214. The van der Waals surface area contributed by atoms with Crippen molar-refractivity contribution in [2.24, 2.45) is 5.92 Å². The molecule has 1 aromatic rings. The lowest BCUT2D eigenvalue weighted by Crippen LogP contribution is -2.45. The number of rotatable bonds is 6. The topological polar surface area (TPSA) is 61.9 Å². The Kier molecular flexibility index (Phi) is 7.25. The van der Waals surface area contributed by atoms with Gasteiger partial charge in [-0.05, 0) is 45.0 Å². The number of esters is 1. The van der Waals surface area contributed by atoms with Crippen LogP contribution >= 0.6 is 0 Å². The van der Waals surface area contributed by atoms with E-state index in [4.69, 9.17) is 4.74 Å². The lowest BCUT2D eigenvalue weighted by Gasteiger charge is -2.30. The van der Waals surface area contributed by atoms with Gasteiger partial charge in [0.1, 0.15) is 0 Å². The van der Waals surface area contributed by atoms with Crippen LogP contribution < -0.4 is 5.32 Å². The second-order valence-electron chi connectivity index (χ2n) is 6.73. The zero-order chi connectivity index (χ0) is 18.2. The maximum Gasteiger partial charge on any atom is 0.317 e. The molecule has 0 saturated carbocycles. The van der Waals surface area contributed by atoms with Gasteiger partial charge < -0.3 is 19.9 Å². The zero-order valence-electron chi connectivity index (χ0n) is 15.5. The van der Waals surface area contributed by atoms with E-state index in [0.717, 1.165) is 12.1 Å². The smallest absolute Gasteiger partial charge is 0.317 e. The number of benzene rings is 1. The van der Waals surface area contributed by atoms with E-state index in [1.54, 1.807) is 4.90 Å². The largest absolute Gasteiger partial charge is 0.466 e. The molecule has 1 heterocycles. The van der Waals surface area contributed by atoms with Crippen molar-refractivity contribution >= 4 is 12.0 Å². The molecule has 0 aliphatic carbocycles. The van der Waals surface area contributed by atoms with Gasteiger partial charge in [-0.2, -0.15) is 0 Å². The molecule has 1 saturated heterocycles. The lowest BCUT2D eigenvalue weighted by atomic mass is 9.97. The maximum atomic E-state index is 12.3. The standard InChI is InChI=1S/C19H29N3O3/c1-4-25-18(23)17-9-11-22(12-10-17)19(24)20-13-15-5-7-16(8-6-15)14-21(2)3/h5-8,17H,4,9-14H2,1-3H3,(H,20,24). The van der Waals surface area contributed by atoms with E-state index in [1.165, 1.54) is 5.56 Å². The molecule has 1 aromatic carbocycles. The van der Waals surface area contributed by atoms with Crippen LogP contribution in [0.2, 0.25) is 0 Å². The highest BCUT2D eigenvalue weighted by molar-refractivity contribution is 5.76. The van der Waals surface area contributed by atoms with Crippen LogP contribution in [0.15, 0.2) is 24.3 Å². The van der Waals surface area contributed by atoms with Crippen molar-refractivity contribution in [1.29, 1.82) is 0 Å². The molecule has 0 atom stereocenters. The molecular weight excluding hydrogens is 318 g/mol. The summed E-state index contributed by atoms with van der Waals surface area (Å²) in [5.41, 5.74) is 2.33. The second-order valence-corrected chi connectivity index (χ2v) is 6.73. The first-order valence-corrected chi connectivity index (χ1v) is 8.91. The highest BCUT2D eigenvalue weighted by Gasteiger charge is 2.27. The number of carbonyl (C=O) groups is 2. The van der Waals surface area contributed by atoms with Crippen molar-refractivity contribution in [2.45, 2.75) is 32.9 Å². The van der Waals surface area contributed by atoms with Gasteiger partial charge in [0.05, 0.1) is 12.5 Å². The zero-order valence-corrected chi connectivity index (χ0v) is 15.5. The Labute approximate surface area is 150 Å². The van der Waals surface area contributed by atoms with E-state index < -0.39 is 0 Å². The number of carbonyl (C=O) groups excluding carboxylic acids is 2. The van der Waals surface area contributed by atoms with Crippen LogP contribution in [0.1, 0.15) is 30.9 Å². The molecule has 0 radical (unpaired) electrons. The average Bonchev–Trinajstić information content (AvgIpc) is 2.61. The molecule has 138 valence electrons. The van der Waals surface area contributed by atoms with Crippen LogP contribution in [0.3, 0.4) is 0 Å². The summed E-state index contributed by atoms with van der Waals surface area (Å²) in [6.45, 7) is 4.83. The average molecular weight is 347 g/mol. The van der Waals surface area contributed by atoms with Gasteiger partial charge in [-0.1, -0.05) is 24.3 Å². The fourth-order valence-electron chi connectivity index (χ4n) is 3.00. The van der Waals surface area contributed by atoms with Crippen molar-refractivity contribution in [1.82, 2.24) is 15.1 Å². The lowest BCUT2D eigenvalue weighted by molar-refractivity contribution is -0.149. The van der Waals surface area contributed by atoms with Crippen LogP contribution in [-0.2, 0) is 22.6 Å². The molecule has 0 unspecified atom stereocenters. The number of amides is 2. The summed E-state index contributed by atoms with van der Waals surface area (Å²) < 4.78 is 5.05. The van der Waals surface area contributed by atoms with E-state index in [9.17, 15) is 9.59 Å². The molecule has 0 bridgehead atoms. The number of urea groups is 1. The van der Waals surface area contributed by atoms with Gasteiger partial charge >= 0.3 is 12.0 Å². The predicted molar refractivity (Wildman–Crippen MR) is 97.0 cm³/mol. The quantitative estimate of drug-likeness (QED) is 0.802. The van der Waals surface area contributed by atoms with Crippen molar-refractivity contribution in [2.75, 3.05) is 33.8 Å². The first kappa shape index (κ1) is 19.2. The highest BCUT2D eigenvalue weighted by atomic mass is 16.5. The highest BCUT2D eigenvalue weighted by Crippen LogP contribution is 2.18. The number of nitrogens with one attached hydrogen (secondary N) is 1. The van der Waals surface area contributed by atoms with Crippen LogP contribution in [-0.4, -0.2) is 55.6 Å².